The van der Waals surface area contributed by atoms with Gasteiger partial charge in [-0.3, -0.25) is 0 Å². The van der Waals surface area contributed by atoms with Gasteiger partial charge in [0.1, 0.15) is 5.82 Å². The van der Waals surface area contributed by atoms with Gasteiger partial charge in [-0.05, 0) is 19.1 Å². The van der Waals surface area contributed by atoms with Crippen molar-refractivity contribution in [3.8, 4) is 0 Å². The number of nitrogens with one attached hydrogen (secondary N) is 1. The van der Waals surface area contributed by atoms with E-state index in [4.69, 9.17) is 15.2 Å². The third-order valence-electron chi connectivity index (χ3n) is 2.99. The molecule has 0 spiro atoms. The predicted octanol–water partition coefficient (Wildman–Crippen LogP) is 0.410. The molecule has 20 heavy (non-hydrogen) atoms. The molecule has 1 saturated heterocycles. The summed E-state index contributed by atoms with van der Waals surface area (Å²) in [6.07, 6.45) is -0.343. The Bertz CT molecular complexity index is 585. The molecule has 0 aliphatic carbocycles. The summed E-state index contributed by atoms with van der Waals surface area (Å²) in [5.41, 5.74) is 5.58. The zero-order valence-corrected chi connectivity index (χ0v) is 11.9. The molecular weight excluding hydrogens is 287 g/mol. The molecule has 112 valence electrons. The average molecular weight is 304 g/mol. The summed E-state index contributed by atoms with van der Waals surface area (Å²) < 4.78 is 50.8. The Labute approximate surface area is 117 Å². The molecule has 1 aromatic carbocycles. The van der Waals surface area contributed by atoms with Crippen molar-refractivity contribution in [1.82, 2.24) is 4.72 Å². The quantitative estimate of drug-likeness (QED) is 0.786. The first-order valence-electron chi connectivity index (χ1n) is 6.15. The predicted molar refractivity (Wildman–Crippen MR) is 71.3 cm³/mol. The molecule has 2 rings (SSSR count). The van der Waals surface area contributed by atoms with Crippen LogP contribution in [0, 0.1) is 12.7 Å². The van der Waals surface area contributed by atoms with Crippen molar-refractivity contribution in [3.05, 3.63) is 23.5 Å². The van der Waals surface area contributed by atoms with Crippen LogP contribution in [0.5, 0.6) is 0 Å². The van der Waals surface area contributed by atoms with Gasteiger partial charge in [-0.25, -0.2) is 17.5 Å². The zero-order valence-electron chi connectivity index (χ0n) is 11.1. The maximum atomic E-state index is 13.5. The van der Waals surface area contributed by atoms with E-state index in [1.807, 2.05) is 0 Å². The molecule has 1 heterocycles. The van der Waals surface area contributed by atoms with Crippen molar-refractivity contribution in [2.75, 3.05) is 32.1 Å². The number of halogens is 1. The van der Waals surface area contributed by atoms with Crippen molar-refractivity contribution < 1.29 is 22.3 Å². The molecule has 0 saturated carbocycles. The highest BCUT2D eigenvalue weighted by molar-refractivity contribution is 7.89. The molecule has 8 heteroatoms. The van der Waals surface area contributed by atoms with Crippen LogP contribution in [0.4, 0.5) is 10.1 Å². The van der Waals surface area contributed by atoms with Gasteiger partial charge >= 0.3 is 0 Å². The number of nitrogens with two attached hydrogens (primary N) is 1. The standard InChI is InChI=1S/C12H17FN2O4S/c1-8-11(13)4-9(14)5-12(8)20(16,17)15-6-10-7-18-2-3-19-10/h4-5,10,15H,2-3,6-7,14H2,1H3. The van der Waals surface area contributed by atoms with Crippen molar-refractivity contribution in [2.24, 2.45) is 0 Å². The number of hydrogen-bond acceptors (Lipinski definition) is 5. The number of benzene rings is 1. The number of hydrogen-bond donors (Lipinski definition) is 2. The number of nitrogen functional groups attached to an aromatic ring is 1. The van der Waals surface area contributed by atoms with Gasteiger partial charge in [0.05, 0.1) is 30.8 Å². The summed E-state index contributed by atoms with van der Waals surface area (Å²) in [5, 5.41) is 0. The summed E-state index contributed by atoms with van der Waals surface area (Å²) in [6, 6.07) is 2.32. The molecule has 1 aliphatic rings. The minimum absolute atomic E-state index is 0.0347. The SMILES string of the molecule is Cc1c(F)cc(N)cc1S(=O)(=O)NCC1COCCO1. The summed E-state index contributed by atoms with van der Waals surface area (Å²) in [5.74, 6) is -0.650. The number of anilines is 1. The summed E-state index contributed by atoms with van der Waals surface area (Å²) in [7, 11) is -3.84. The van der Waals surface area contributed by atoms with E-state index in [0.717, 1.165) is 6.07 Å². The number of rotatable bonds is 4. The smallest absolute Gasteiger partial charge is 0.241 e. The van der Waals surface area contributed by atoms with Crippen LogP contribution in [0.25, 0.3) is 0 Å². The van der Waals surface area contributed by atoms with Crippen molar-refractivity contribution in [3.63, 3.8) is 0 Å². The molecule has 1 atom stereocenters. The van der Waals surface area contributed by atoms with Crippen LogP contribution in [0.3, 0.4) is 0 Å². The number of sulfonamides is 1. The Morgan fingerprint density at radius 1 is 1.45 bits per heavy atom. The molecule has 1 fully saturated rings. The van der Waals surface area contributed by atoms with E-state index < -0.39 is 15.8 Å². The van der Waals surface area contributed by atoms with Gasteiger partial charge in [-0.1, -0.05) is 0 Å². The lowest BCUT2D eigenvalue weighted by Gasteiger charge is -2.23. The van der Waals surface area contributed by atoms with E-state index in [9.17, 15) is 12.8 Å². The van der Waals surface area contributed by atoms with E-state index >= 15 is 0 Å². The first-order valence-corrected chi connectivity index (χ1v) is 7.63. The molecule has 0 aromatic heterocycles. The average Bonchev–Trinajstić information content (AvgIpc) is 2.42. The van der Waals surface area contributed by atoms with E-state index in [0.29, 0.717) is 19.8 Å². The molecule has 1 aliphatic heterocycles. The minimum atomic E-state index is -3.84. The summed E-state index contributed by atoms with van der Waals surface area (Å²) in [6.45, 7) is 2.72. The first kappa shape index (κ1) is 15.2. The van der Waals surface area contributed by atoms with Crippen LogP contribution >= 0.6 is 0 Å². The van der Waals surface area contributed by atoms with E-state index in [1.54, 1.807) is 0 Å². The normalized spacial score (nSPS) is 20.0. The maximum absolute atomic E-state index is 13.5. The Morgan fingerprint density at radius 3 is 2.85 bits per heavy atom. The van der Waals surface area contributed by atoms with Gasteiger partial charge in [0.15, 0.2) is 0 Å². The molecule has 1 unspecified atom stereocenters. The van der Waals surface area contributed by atoms with Crippen molar-refractivity contribution in [1.29, 1.82) is 0 Å². The summed E-state index contributed by atoms with van der Waals surface area (Å²) in [4.78, 5) is -0.160. The van der Waals surface area contributed by atoms with E-state index in [-0.39, 0.29) is 28.8 Å². The maximum Gasteiger partial charge on any atom is 0.241 e. The second-order valence-electron chi connectivity index (χ2n) is 4.55. The van der Waals surface area contributed by atoms with Gasteiger partial charge in [0, 0.05) is 17.8 Å². The Kier molecular flexibility index (Phi) is 4.59. The van der Waals surface area contributed by atoms with E-state index in [2.05, 4.69) is 4.72 Å². The fourth-order valence-corrected chi connectivity index (χ4v) is 3.24. The first-order chi connectivity index (χ1) is 9.40. The lowest BCUT2D eigenvalue weighted by atomic mass is 10.2. The van der Waals surface area contributed by atoms with Crippen LogP contribution in [-0.2, 0) is 19.5 Å². The lowest BCUT2D eigenvalue weighted by Crippen LogP contribution is -2.39. The van der Waals surface area contributed by atoms with Crippen LogP contribution < -0.4 is 10.5 Å². The van der Waals surface area contributed by atoms with Crippen LogP contribution in [0.1, 0.15) is 5.56 Å². The van der Waals surface area contributed by atoms with Gasteiger partial charge in [-0.15, -0.1) is 0 Å². The van der Waals surface area contributed by atoms with Gasteiger partial charge in [0.2, 0.25) is 10.0 Å². The third-order valence-corrected chi connectivity index (χ3v) is 4.54. The van der Waals surface area contributed by atoms with Crippen molar-refractivity contribution in [2.45, 2.75) is 17.9 Å². The lowest BCUT2D eigenvalue weighted by molar-refractivity contribution is -0.0846. The molecule has 1 aromatic rings. The highest BCUT2D eigenvalue weighted by Crippen LogP contribution is 2.21. The topological polar surface area (TPSA) is 90.7 Å². The van der Waals surface area contributed by atoms with Gasteiger partial charge < -0.3 is 15.2 Å². The van der Waals surface area contributed by atoms with Crippen LogP contribution in [-0.4, -0.2) is 40.9 Å². The second-order valence-corrected chi connectivity index (χ2v) is 6.28. The largest absolute Gasteiger partial charge is 0.399 e. The monoisotopic (exact) mass is 304 g/mol. The molecule has 6 nitrogen and oxygen atoms in total. The van der Waals surface area contributed by atoms with Gasteiger partial charge in [-0.2, -0.15) is 0 Å². The minimum Gasteiger partial charge on any atom is -0.399 e. The number of ether oxygens (including phenoxy) is 2. The molecular formula is C12H17FN2O4S. The van der Waals surface area contributed by atoms with Gasteiger partial charge in [0.25, 0.3) is 0 Å². The second kappa shape index (κ2) is 6.04. The Balaban J connectivity index is 2.14. The van der Waals surface area contributed by atoms with Crippen LogP contribution in [0.15, 0.2) is 17.0 Å². The van der Waals surface area contributed by atoms with E-state index in [1.165, 1.54) is 13.0 Å². The fraction of sp³-hybridized carbons (Fsp3) is 0.500. The third kappa shape index (κ3) is 3.45. The Morgan fingerprint density at radius 2 is 2.20 bits per heavy atom. The zero-order chi connectivity index (χ0) is 14.8. The molecule has 0 bridgehead atoms. The van der Waals surface area contributed by atoms with Crippen LogP contribution in [0.2, 0.25) is 0 Å². The highest BCUT2D eigenvalue weighted by Gasteiger charge is 2.22. The Hall–Kier alpha value is -1.22. The molecule has 3 N–H and O–H groups in total. The molecule has 0 radical (unpaired) electrons. The molecule has 0 amide bonds. The fourth-order valence-electron chi connectivity index (χ4n) is 1.89. The van der Waals surface area contributed by atoms with Crippen molar-refractivity contribution >= 4 is 15.7 Å². The highest BCUT2D eigenvalue weighted by atomic mass is 32.2. The summed E-state index contributed by atoms with van der Waals surface area (Å²) >= 11 is 0.